The Labute approximate surface area is 68.6 Å². The summed E-state index contributed by atoms with van der Waals surface area (Å²) < 4.78 is 0. The van der Waals surface area contributed by atoms with Gasteiger partial charge in [-0.3, -0.25) is 0 Å². The van der Waals surface area contributed by atoms with Crippen LogP contribution in [0.5, 0.6) is 0 Å². The highest BCUT2D eigenvalue weighted by Gasteiger charge is 2.03. The van der Waals surface area contributed by atoms with E-state index in [2.05, 4.69) is 18.6 Å². The minimum absolute atomic E-state index is 0.186. The quantitative estimate of drug-likeness (QED) is 0.436. The van der Waals surface area contributed by atoms with E-state index in [1.54, 1.807) is 0 Å². The maximum absolute atomic E-state index is 8.66. The van der Waals surface area contributed by atoms with Crippen molar-refractivity contribution >= 4 is 0 Å². The highest BCUT2D eigenvalue weighted by atomic mass is 16.5. The molecule has 0 saturated heterocycles. The van der Waals surface area contributed by atoms with Gasteiger partial charge in [0.05, 0.1) is 0 Å². The van der Waals surface area contributed by atoms with Crippen molar-refractivity contribution in [1.29, 1.82) is 0 Å². The van der Waals surface area contributed by atoms with E-state index in [0.29, 0.717) is 0 Å². The number of hydroxylamine groups is 1. The molecule has 0 rings (SSSR count). The Bertz CT molecular complexity index is 100. The van der Waals surface area contributed by atoms with E-state index in [9.17, 15) is 0 Å². The van der Waals surface area contributed by atoms with Crippen LogP contribution >= 0.6 is 0 Å². The van der Waals surface area contributed by atoms with Crippen molar-refractivity contribution in [3.05, 3.63) is 25.3 Å². The first-order valence-electron chi connectivity index (χ1n) is 3.96. The molecule has 0 bridgehead atoms. The second-order valence-electron chi connectivity index (χ2n) is 2.56. The van der Waals surface area contributed by atoms with Gasteiger partial charge in [-0.1, -0.05) is 12.2 Å². The van der Waals surface area contributed by atoms with Crippen LogP contribution in [0.1, 0.15) is 25.7 Å². The van der Waals surface area contributed by atoms with Crippen molar-refractivity contribution < 1.29 is 5.21 Å². The minimum atomic E-state index is 0.186. The standard InChI is InChI=1S/C9H17NO/c1-3-5-7-9(10-11)8-6-4-2/h3-4,9-11H,1-2,5-8H2. The second kappa shape index (κ2) is 7.51. The van der Waals surface area contributed by atoms with Gasteiger partial charge in [0.2, 0.25) is 0 Å². The molecule has 0 amide bonds. The molecule has 0 aliphatic heterocycles. The van der Waals surface area contributed by atoms with Crippen LogP contribution in [0.3, 0.4) is 0 Å². The van der Waals surface area contributed by atoms with Gasteiger partial charge < -0.3 is 5.21 Å². The van der Waals surface area contributed by atoms with Crippen molar-refractivity contribution in [2.45, 2.75) is 31.7 Å². The third-order valence-corrected chi connectivity index (χ3v) is 1.62. The molecule has 0 heterocycles. The summed E-state index contributed by atoms with van der Waals surface area (Å²) in [7, 11) is 0. The van der Waals surface area contributed by atoms with Crippen molar-refractivity contribution in [1.82, 2.24) is 5.48 Å². The number of hydrogen-bond acceptors (Lipinski definition) is 2. The summed E-state index contributed by atoms with van der Waals surface area (Å²) in [6, 6.07) is 0.186. The molecule has 0 unspecified atom stereocenters. The zero-order valence-corrected chi connectivity index (χ0v) is 6.92. The maximum Gasteiger partial charge on any atom is 0.0325 e. The molecule has 2 nitrogen and oxygen atoms in total. The highest BCUT2D eigenvalue weighted by Crippen LogP contribution is 2.04. The molecule has 0 radical (unpaired) electrons. The summed E-state index contributed by atoms with van der Waals surface area (Å²) in [6.07, 6.45) is 7.48. The van der Waals surface area contributed by atoms with E-state index in [1.807, 2.05) is 12.2 Å². The molecule has 2 heteroatoms. The molecule has 0 spiro atoms. The second-order valence-corrected chi connectivity index (χ2v) is 2.56. The predicted molar refractivity (Wildman–Crippen MR) is 47.6 cm³/mol. The lowest BCUT2D eigenvalue weighted by molar-refractivity contribution is 0.118. The van der Waals surface area contributed by atoms with Gasteiger partial charge in [-0.05, 0) is 25.7 Å². The minimum Gasteiger partial charge on any atom is -0.317 e. The number of rotatable bonds is 7. The van der Waals surface area contributed by atoms with Crippen molar-refractivity contribution in [3.63, 3.8) is 0 Å². The summed E-state index contributed by atoms with van der Waals surface area (Å²) >= 11 is 0. The molecule has 0 aromatic rings. The van der Waals surface area contributed by atoms with E-state index in [4.69, 9.17) is 5.21 Å². The summed E-state index contributed by atoms with van der Waals surface area (Å²) in [5.74, 6) is 0. The monoisotopic (exact) mass is 155 g/mol. The van der Waals surface area contributed by atoms with E-state index >= 15 is 0 Å². The lowest BCUT2D eigenvalue weighted by atomic mass is 10.1. The van der Waals surface area contributed by atoms with Crippen LogP contribution in [0.2, 0.25) is 0 Å². The van der Waals surface area contributed by atoms with Crippen molar-refractivity contribution in [3.8, 4) is 0 Å². The average Bonchev–Trinajstić information content (AvgIpc) is 2.05. The molecule has 64 valence electrons. The van der Waals surface area contributed by atoms with Crippen molar-refractivity contribution in [2.75, 3.05) is 0 Å². The van der Waals surface area contributed by atoms with E-state index < -0.39 is 0 Å². The van der Waals surface area contributed by atoms with Crippen LogP contribution in [0.15, 0.2) is 25.3 Å². The zero-order chi connectivity index (χ0) is 8.53. The van der Waals surface area contributed by atoms with E-state index in [0.717, 1.165) is 25.7 Å². The Morgan fingerprint density at radius 1 is 1.18 bits per heavy atom. The molecule has 0 aromatic carbocycles. The first-order chi connectivity index (χ1) is 5.35. The molecule has 11 heavy (non-hydrogen) atoms. The molecule has 0 fully saturated rings. The SMILES string of the molecule is C=CCCC(CCC=C)NO. The Morgan fingerprint density at radius 2 is 1.64 bits per heavy atom. The van der Waals surface area contributed by atoms with Crippen LogP contribution in [-0.2, 0) is 0 Å². The molecule has 0 saturated carbocycles. The fourth-order valence-corrected chi connectivity index (χ4v) is 0.912. The molecule has 2 N–H and O–H groups in total. The molecule has 0 aliphatic rings. The van der Waals surface area contributed by atoms with Crippen LogP contribution in [0.25, 0.3) is 0 Å². The molecular weight excluding hydrogens is 138 g/mol. The van der Waals surface area contributed by atoms with Gasteiger partial charge in [-0.15, -0.1) is 13.2 Å². The number of nitrogens with one attached hydrogen (secondary N) is 1. The first kappa shape index (κ1) is 10.4. The predicted octanol–water partition coefficient (Wildman–Crippen LogP) is 2.27. The van der Waals surface area contributed by atoms with Crippen LogP contribution in [0.4, 0.5) is 0 Å². The van der Waals surface area contributed by atoms with Gasteiger partial charge in [0.25, 0.3) is 0 Å². The number of hydrogen-bond donors (Lipinski definition) is 2. The van der Waals surface area contributed by atoms with Crippen LogP contribution < -0.4 is 5.48 Å². The highest BCUT2D eigenvalue weighted by molar-refractivity contribution is 4.75. The maximum atomic E-state index is 8.66. The fourth-order valence-electron chi connectivity index (χ4n) is 0.912. The van der Waals surface area contributed by atoms with Gasteiger partial charge in [-0.25, -0.2) is 5.48 Å². The van der Waals surface area contributed by atoms with Gasteiger partial charge >= 0.3 is 0 Å². The van der Waals surface area contributed by atoms with Gasteiger partial charge in [0.1, 0.15) is 0 Å². The topological polar surface area (TPSA) is 32.3 Å². The largest absolute Gasteiger partial charge is 0.317 e. The molecule has 0 atom stereocenters. The number of allylic oxidation sites excluding steroid dienone is 2. The third-order valence-electron chi connectivity index (χ3n) is 1.62. The van der Waals surface area contributed by atoms with Crippen LogP contribution in [0, 0.1) is 0 Å². The van der Waals surface area contributed by atoms with Gasteiger partial charge in [0.15, 0.2) is 0 Å². The Balaban J connectivity index is 3.39. The lowest BCUT2D eigenvalue weighted by Crippen LogP contribution is -2.25. The van der Waals surface area contributed by atoms with Gasteiger partial charge in [-0.2, -0.15) is 0 Å². The smallest absolute Gasteiger partial charge is 0.0325 e. The first-order valence-corrected chi connectivity index (χ1v) is 3.96. The molecule has 0 aliphatic carbocycles. The lowest BCUT2D eigenvalue weighted by Gasteiger charge is -2.11. The summed E-state index contributed by atoms with van der Waals surface area (Å²) in [4.78, 5) is 0. The zero-order valence-electron chi connectivity index (χ0n) is 6.92. The molecule has 0 aromatic heterocycles. The van der Waals surface area contributed by atoms with Crippen LogP contribution in [-0.4, -0.2) is 11.2 Å². The fraction of sp³-hybridized carbons (Fsp3) is 0.556. The Hall–Kier alpha value is -0.600. The van der Waals surface area contributed by atoms with E-state index in [-0.39, 0.29) is 6.04 Å². The Kier molecular flexibility index (Phi) is 7.10. The summed E-state index contributed by atoms with van der Waals surface area (Å²) in [6.45, 7) is 7.24. The third kappa shape index (κ3) is 5.83. The van der Waals surface area contributed by atoms with E-state index in [1.165, 1.54) is 0 Å². The average molecular weight is 155 g/mol. The molecular formula is C9H17NO. The summed E-state index contributed by atoms with van der Waals surface area (Å²) in [5.41, 5.74) is 2.28. The summed E-state index contributed by atoms with van der Waals surface area (Å²) in [5, 5.41) is 8.66. The normalized spacial score (nSPS) is 10.0. The Morgan fingerprint density at radius 3 is 1.91 bits per heavy atom. The van der Waals surface area contributed by atoms with Gasteiger partial charge in [0, 0.05) is 6.04 Å². The van der Waals surface area contributed by atoms with Crippen molar-refractivity contribution in [2.24, 2.45) is 0 Å².